The number of aromatic nitrogens is 1. The molecule has 4 nitrogen and oxygen atoms in total. The third kappa shape index (κ3) is 1.93. The highest BCUT2D eigenvalue weighted by Gasteiger charge is 2.24. The number of hydrogen-bond acceptors (Lipinski definition) is 3. The highest BCUT2D eigenvalue weighted by atomic mass is 16.2. The van der Waals surface area contributed by atoms with Crippen LogP contribution in [0.3, 0.4) is 0 Å². The molecule has 1 fully saturated rings. The van der Waals surface area contributed by atoms with Crippen LogP contribution in [0, 0.1) is 0 Å². The fourth-order valence-corrected chi connectivity index (χ4v) is 2.69. The van der Waals surface area contributed by atoms with E-state index in [0.717, 1.165) is 51.0 Å². The monoisotopic (exact) mass is 231 g/mol. The zero-order valence-corrected chi connectivity index (χ0v) is 9.91. The zero-order chi connectivity index (χ0) is 11.7. The predicted octanol–water partition coefficient (Wildman–Crippen LogP) is 0.963. The molecule has 0 unspecified atom stereocenters. The molecule has 0 aromatic carbocycles. The first-order valence-corrected chi connectivity index (χ1v) is 6.32. The molecule has 1 aromatic rings. The van der Waals surface area contributed by atoms with Crippen LogP contribution in [-0.4, -0.2) is 35.4 Å². The zero-order valence-electron chi connectivity index (χ0n) is 9.91. The topological polar surface area (TPSA) is 45.2 Å². The van der Waals surface area contributed by atoms with Gasteiger partial charge in [0.15, 0.2) is 0 Å². The highest BCUT2D eigenvalue weighted by Crippen LogP contribution is 2.20. The molecule has 2 aliphatic rings. The molecule has 1 N–H and O–H groups in total. The molecule has 0 radical (unpaired) electrons. The first-order chi connectivity index (χ1) is 8.36. The maximum absolute atomic E-state index is 12.4. The normalized spacial score (nSPS) is 19.2. The van der Waals surface area contributed by atoms with Crippen molar-refractivity contribution in [3.05, 3.63) is 29.1 Å². The van der Waals surface area contributed by atoms with E-state index >= 15 is 0 Å². The Balaban J connectivity index is 1.94. The van der Waals surface area contributed by atoms with E-state index in [-0.39, 0.29) is 5.91 Å². The fourth-order valence-electron chi connectivity index (χ4n) is 2.69. The lowest BCUT2D eigenvalue weighted by Gasteiger charge is -2.22. The van der Waals surface area contributed by atoms with E-state index in [4.69, 9.17) is 0 Å². The van der Waals surface area contributed by atoms with Gasteiger partial charge >= 0.3 is 0 Å². The SMILES string of the molecule is O=C(c1cncc2c1CCNC2)N1CCCC1. The third-order valence-electron chi connectivity index (χ3n) is 3.64. The molecule has 0 aliphatic carbocycles. The summed E-state index contributed by atoms with van der Waals surface area (Å²) < 4.78 is 0. The van der Waals surface area contributed by atoms with Crippen LogP contribution >= 0.6 is 0 Å². The number of pyridine rings is 1. The average molecular weight is 231 g/mol. The van der Waals surface area contributed by atoms with Gasteiger partial charge in [-0.3, -0.25) is 9.78 Å². The maximum Gasteiger partial charge on any atom is 0.255 e. The minimum Gasteiger partial charge on any atom is -0.339 e. The van der Waals surface area contributed by atoms with Crippen LogP contribution in [0.1, 0.15) is 34.3 Å². The number of fused-ring (bicyclic) bond motifs is 1. The number of rotatable bonds is 1. The largest absolute Gasteiger partial charge is 0.339 e. The van der Waals surface area contributed by atoms with Crippen LogP contribution in [0.2, 0.25) is 0 Å². The second kappa shape index (κ2) is 4.45. The lowest BCUT2D eigenvalue weighted by molar-refractivity contribution is 0.0791. The quantitative estimate of drug-likeness (QED) is 0.783. The Morgan fingerprint density at radius 1 is 1.29 bits per heavy atom. The number of hydrogen-bond donors (Lipinski definition) is 1. The Hall–Kier alpha value is -1.42. The summed E-state index contributed by atoms with van der Waals surface area (Å²) in [5, 5.41) is 3.31. The van der Waals surface area contributed by atoms with Crippen LogP contribution in [0.25, 0.3) is 0 Å². The van der Waals surface area contributed by atoms with Gasteiger partial charge in [0, 0.05) is 32.0 Å². The summed E-state index contributed by atoms with van der Waals surface area (Å²) in [6.07, 6.45) is 6.82. The number of carbonyl (C=O) groups is 1. The van der Waals surface area contributed by atoms with Crippen molar-refractivity contribution in [1.29, 1.82) is 0 Å². The van der Waals surface area contributed by atoms with Crippen molar-refractivity contribution < 1.29 is 4.79 Å². The van der Waals surface area contributed by atoms with E-state index < -0.39 is 0 Å². The average Bonchev–Trinajstić information content (AvgIpc) is 2.91. The Bertz CT molecular complexity index is 438. The Labute approximate surface area is 101 Å². The molecule has 1 amide bonds. The standard InChI is InChI=1S/C13H17N3O/c17-13(16-5-1-2-6-16)12-9-15-8-10-7-14-4-3-11(10)12/h8-9,14H,1-7H2. The van der Waals surface area contributed by atoms with Crippen molar-refractivity contribution in [2.75, 3.05) is 19.6 Å². The van der Waals surface area contributed by atoms with Gasteiger partial charge in [-0.2, -0.15) is 0 Å². The molecule has 3 rings (SSSR count). The third-order valence-corrected chi connectivity index (χ3v) is 3.64. The summed E-state index contributed by atoms with van der Waals surface area (Å²) in [6, 6.07) is 0. The van der Waals surface area contributed by atoms with Gasteiger partial charge in [-0.05, 0) is 36.9 Å². The summed E-state index contributed by atoms with van der Waals surface area (Å²) in [4.78, 5) is 18.5. The molecule has 1 aromatic heterocycles. The van der Waals surface area contributed by atoms with E-state index in [2.05, 4.69) is 10.3 Å². The van der Waals surface area contributed by atoms with Crippen molar-refractivity contribution in [3.63, 3.8) is 0 Å². The van der Waals surface area contributed by atoms with Gasteiger partial charge in [-0.15, -0.1) is 0 Å². The lowest BCUT2D eigenvalue weighted by Crippen LogP contribution is -2.31. The van der Waals surface area contributed by atoms with Gasteiger partial charge in [0.2, 0.25) is 0 Å². The number of nitrogens with zero attached hydrogens (tertiary/aromatic N) is 2. The minimum absolute atomic E-state index is 0.175. The van der Waals surface area contributed by atoms with Crippen LogP contribution in [0.15, 0.2) is 12.4 Å². The van der Waals surface area contributed by atoms with Crippen LogP contribution in [0.4, 0.5) is 0 Å². The summed E-state index contributed by atoms with van der Waals surface area (Å²) in [7, 11) is 0. The molecule has 0 saturated carbocycles. The maximum atomic E-state index is 12.4. The van der Waals surface area contributed by atoms with Gasteiger partial charge in [-0.1, -0.05) is 0 Å². The molecule has 0 spiro atoms. The van der Waals surface area contributed by atoms with Gasteiger partial charge in [-0.25, -0.2) is 0 Å². The number of nitrogens with one attached hydrogen (secondary N) is 1. The molecular weight excluding hydrogens is 214 g/mol. The van der Waals surface area contributed by atoms with Gasteiger partial charge in [0.05, 0.1) is 5.56 Å². The summed E-state index contributed by atoms with van der Waals surface area (Å²) in [5.41, 5.74) is 3.21. The van der Waals surface area contributed by atoms with Gasteiger partial charge in [0.25, 0.3) is 5.91 Å². The molecule has 0 bridgehead atoms. The molecule has 0 atom stereocenters. The first kappa shape index (κ1) is 10.7. The molecular formula is C13H17N3O. The highest BCUT2D eigenvalue weighted by molar-refractivity contribution is 5.96. The molecule has 1 saturated heterocycles. The Morgan fingerprint density at radius 2 is 2.12 bits per heavy atom. The predicted molar refractivity (Wildman–Crippen MR) is 64.8 cm³/mol. The van der Waals surface area contributed by atoms with E-state index in [0.29, 0.717) is 0 Å². The lowest BCUT2D eigenvalue weighted by atomic mass is 9.97. The second-order valence-corrected chi connectivity index (χ2v) is 4.75. The van der Waals surface area contributed by atoms with Gasteiger partial charge < -0.3 is 10.2 Å². The van der Waals surface area contributed by atoms with E-state index in [1.54, 1.807) is 6.20 Å². The molecule has 4 heteroatoms. The Morgan fingerprint density at radius 3 is 2.94 bits per heavy atom. The minimum atomic E-state index is 0.175. The van der Waals surface area contributed by atoms with Crippen molar-refractivity contribution in [2.45, 2.75) is 25.8 Å². The first-order valence-electron chi connectivity index (χ1n) is 6.32. The molecule has 90 valence electrons. The summed E-state index contributed by atoms with van der Waals surface area (Å²) in [5.74, 6) is 0.175. The molecule has 3 heterocycles. The van der Waals surface area contributed by atoms with Crippen molar-refractivity contribution in [1.82, 2.24) is 15.2 Å². The summed E-state index contributed by atoms with van der Waals surface area (Å²) >= 11 is 0. The Kier molecular flexibility index (Phi) is 2.81. The van der Waals surface area contributed by atoms with Crippen LogP contribution in [0.5, 0.6) is 0 Å². The van der Waals surface area contributed by atoms with Crippen molar-refractivity contribution in [2.24, 2.45) is 0 Å². The van der Waals surface area contributed by atoms with Crippen LogP contribution in [-0.2, 0) is 13.0 Å². The molecule has 2 aliphatic heterocycles. The second-order valence-electron chi connectivity index (χ2n) is 4.75. The number of carbonyl (C=O) groups excluding carboxylic acids is 1. The summed E-state index contributed by atoms with van der Waals surface area (Å²) in [6.45, 7) is 3.60. The van der Waals surface area contributed by atoms with Gasteiger partial charge in [0.1, 0.15) is 0 Å². The van der Waals surface area contributed by atoms with Crippen LogP contribution < -0.4 is 5.32 Å². The molecule has 17 heavy (non-hydrogen) atoms. The van der Waals surface area contributed by atoms with Crippen molar-refractivity contribution in [3.8, 4) is 0 Å². The number of likely N-dealkylation sites (tertiary alicyclic amines) is 1. The van der Waals surface area contributed by atoms with E-state index in [1.165, 1.54) is 11.1 Å². The van der Waals surface area contributed by atoms with Crippen molar-refractivity contribution >= 4 is 5.91 Å². The smallest absolute Gasteiger partial charge is 0.255 e. The number of amides is 1. The van der Waals surface area contributed by atoms with E-state index in [1.807, 2.05) is 11.1 Å². The van der Waals surface area contributed by atoms with E-state index in [9.17, 15) is 4.79 Å². The fraction of sp³-hybridized carbons (Fsp3) is 0.538.